The number of allylic oxidation sites excluding steroid dienone is 2. The molecule has 0 unspecified atom stereocenters. The van der Waals surface area contributed by atoms with Crippen molar-refractivity contribution in [2.24, 2.45) is 28.6 Å². The van der Waals surface area contributed by atoms with Gasteiger partial charge in [0.25, 0.3) is 0 Å². The van der Waals surface area contributed by atoms with E-state index in [1.807, 2.05) is 6.08 Å². The fourth-order valence-corrected chi connectivity index (χ4v) is 7.12. The van der Waals surface area contributed by atoms with Gasteiger partial charge in [-0.3, -0.25) is 4.79 Å². The van der Waals surface area contributed by atoms with E-state index in [-0.39, 0.29) is 0 Å². The van der Waals surface area contributed by atoms with Crippen LogP contribution in [-0.4, -0.2) is 18.5 Å². The van der Waals surface area contributed by atoms with Gasteiger partial charge in [0.1, 0.15) is 0 Å². The molecule has 144 valence electrons. The van der Waals surface area contributed by atoms with Crippen LogP contribution in [0.5, 0.6) is 0 Å². The van der Waals surface area contributed by atoms with Crippen LogP contribution in [0.4, 0.5) is 0 Å². The number of ether oxygens (including phenoxy) is 1. The Bertz CT molecular complexity index is 641. The molecule has 0 saturated heterocycles. The number of rotatable bonds is 3. The van der Waals surface area contributed by atoms with Crippen LogP contribution in [0.15, 0.2) is 23.3 Å². The number of hydrogen-bond acceptors (Lipinski definition) is 2. The van der Waals surface area contributed by atoms with Crippen LogP contribution in [0.25, 0.3) is 0 Å². The van der Waals surface area contributed by atoms with E-state index >= 15 is 0 Å². The Morgan fingerprint density at radius 2 is 1.92 bits per heavy atom. The molecule has 2 nitrogen and oxygen atoms in total. The predicted molar refractivity (Wildman–Crippen MR) is 106 cm³/mol. The molecule has 0 radical (unpaired) electrons. The van der Waals surface area contributed by atoms with E-state index in [2.05, 4.69) is 33.8 Å². The summed E-state index contributed by atoms with van der Waals surface area (Å²) in [5.74, 6) is 2.80. The van der Waals surface area contributed by atoms with Crippen LogP contribution < -0.4 is 0 Å². The maximum absolute atomic E-state index is 11.9. The first-order valence-corrected chi connectivity index (χ1v) is 10.8. The fourth-order valence-electron chi connectivity index (χ4n) is 7.12. The number of carbonyl (C=O) groups excluding carboxylic acids is 1. The highest BCUT2D eigenvalue weighted by Gasteiger charge is 2.59. The Hall–Kier alpha value is -0.890. The SMILES string of the molecule is CC(C)=CCO[C@H]1CC[C@H]2[C@@H]3CCC4=CC(=O)CC[C@]4(C)[C@H]3CC[C@]12C. The monoisotopic (exact) mass is 356 g/mol. The van der Waals surface area contributed by atoms with E-state index in [9.17, 15) is 4.79 Å². The van der Waals surface area contributed by atoms with E-state index in [0.717, 1.165) is 43.6 Å². The number of carbonyl (C=O) groups is 1. The first-order chi connectivity index (χ1) is 12.3. The summed E-state index contributed by atoms with van der Waals surface area (Å²) < 4.78 is 6.38. The van der Waals surface area contributed by atoms with Crippen molar-refractivity contribution < 1.29 is 9.53 Å². The molecule has 26 heavy (non-hydrogen) atoms. The van der Waals surface area contributed by atoms with Gasteiger partial charge < -0.3 is 4.74 Å². The van der Waals surface area contributed by atoms with Crippen molar-refractivity contribution in [3.63, 3.8) is 0 Å². The maximum atomic E-state index is 11.9. The molecule has 3 saturated carbocycles. The Morgan fingerprint density at radius 3 is 2.69 bits per heavy atom. The quantitative estimate of drug-likeness (QED) is 0.591. The fraction of sp³-hybridized carbons (Fsp3) is 0.792. The Morgan fingerprint density at radius 1 is 1.12 bits per heavy atom. The molecule has 0 bridgehead atoms. The minimum absolute atomic E-state index is 0.291. The van der Waals surface area contributed by atoms with Crippen molar-refractivity contribution in [2.45, 2.75) is 85.2 Å². The highest BCUT2D eigenvalue weighted by molar-refractivity contribution is 5.91. The minimum Gasteiger partial charge on any atom is -0.374 e. The maximum Gasteiger partial charge on any atom is 0.155 e. The zero-order chi connectivity index (χ0) is 18.5. The zero-order valence-electron chi connectivity index (χ0n) is 17.1. The second kappa shape index (κ2) is 6.62. The first-order valence-electron chi connectivity index (χ1n) is 10.8. The van der Waals surface area contributed by atoms with E-state index in [1.165, 1.54) is 43.3 Å². The molecule has 0 N–H and O–H groups in total. The van der Waals surface area contributed by atoms with Crippen LogP contribution in [0.1, 0.15) is 79.1 Å². The standard InChI is InChI=1S/C24H36O2/c1-16(2)11-14-26-22-8-7-20-19-6-5-17-15-18(25)9-12-23(17,3)21(19)10-13-24(20,22)4/h11,15,19-22H,5-10,12-14H2,1-4H3/t19-,20-,21-,22-,23-,24-/m0/s1. The largest absolute Gasteiger partial charge is 0.374 e. The lowest BCUT2D eigenvalue weighted by Crippen LogP contribution is -2.51. The Labute approximate surface area is 159 Å². The predicted octanol–water partition coefficient (Wildman–Crippen LogP) is 5.87. The minimum atomic E-state index is 0.291. The molecule has 0 aliphatic heterocycles. The molecule has 0 aromatic rings. The van der Waals surface area contributed by atoms with Gasteiger partial charge in [0.15, 0.2) is 5.78 Å². The van der Waals surface area contributed by atoms with Crippen molar-refractivity contribution in [3.8, 4) is 0 Å². The zero-order valence-corrected chi connectivity index (χ0v) is 17.1. The van der Waals surface area contributed by atoms with Gasteiger partial charge in [0, 0.05) is 6.42 Å². The molecule has 0 spiro atoms. The lowest BCUT2D eigenvalue weighted by Gasteiger charge is -2.58. The summed E-state index contributed by atoms with van der Waals surface area (Å²) in [5, 5.41) is 0. The second-order valence-electron chi connectivity index (χ2n) is 10.2. The molecule has 4 rings (SSSR count). The lowest BCUT2D eigenvalue weighted by atomic mass is 9.47. The highest BCUT2D eigenvalue weighted by Crippen LogP contribution is 2.65. The summed E-state index contributed by atoms with van der Waals surface area (Å²) in [7, 11) is 0. The molecule has 6 atom stereocenters. The van der Waals surface area contributed by atoms with E-state index in [0.29, 0.717) is 22.7 Å². The van der Waals surface area contributed by atoms with Crippen molar-refractivity contribution in [2.75, 3.05) is 6.61 Å². The third-order valence-electron chi connectivity index (χ3n) is 8.66. The molecular formula is C24H36O2. The summed E-state index contributed by atoms with van der Waals surface area (Å²) >= 11 is 0. The normalized spacial score (nSPS) is 44.6. The van der Waals surface area contributed by atoms with Crippen LogP contribution >= 0.6 is 0 Å². The highest BCUT2D eigenvalue weighted by atomic mass is 16.5. The summed E-state index contributed by atoms with van der Waals surface area (Å²) in [4.78, 5) is 11.9. The van der Waals surface area contributed by atoms with Gasteiger partial charge in [-0.15, -0.1) is 0 Å². The van der Waals surface area contributed by atoms with Crippen LogP contribution in [0, 0.1) is 28.6 Å². The number of hydrogen-bond donors (Lipinski definition) is 0. The number of ketones is 1. The molecule has 4 aliphatic carbocycles. The van der Waals surface area contributed by atoms with Gasteiger partial charge in [-0.25, -0.2) is 0 Å². The van der Waals surface area contributed by atoms with Crippen molar-refractivity contribution in [3.05, 3.63) is 23.3 Å². The van der Waals surface area contributed by atoms with Gasteiger partial charge in [-0.2, -0.15) is 0 Å². The van der Waals surface area contributed by atoms with Crippen LogP contribution in [0.2, 0.25) is 0 Å². The molecule has 0 aromatic carbocycles. The van der Waals surface area contributed by atoms with Gasteiger partial charge in [-0.05, 0) is 93.5 Å². The van der Waals surface area contributed by atoms with E-state index < -0.39 is 0 Å². The summed E-state index contributed by atoms with van der Waals surface area (Å²) in [6.07, 6.45) is 14.2. The van der Waals surface area contributed by atoms with Gasteiger partial charge in [0.2, 0.25) is 0 Å². The third kappa shape index (κ3) is 2.84. The summed E-state index contributed by atoms with van der Waals surface area (Å²) in [5.41, 5.74) is 3.48. The smallest absolute Gasteiger partial charge is 0.155 e. The molecular weight excluding hydrogens is 320 g/mol. The van der Waals surface area contributed by atoms with Crippen LogP contribution in [0.3, 0.4) is 0 Å². The molecule has 2 heteroatoms. The van der Waals surface area contributed by atoms with Crippen molar-refractivity contribution >= 4 is 5.78 Å². The van der Waals surface area contributed by atoms with E-state index in [4.69, 9.17) is 4.74 Å². The number of fused-ring (bicyclic) bond motifs is 5. The van der Waals surface area contributed by atoms with E-state index in [1.54, 1.807) is 0 Å². The second-order valence-corrected chi connectivity index (χ2v) is 10.2. The molecule has 0 amide bonds. The average Bonchev–Trinajstić information content (AvgIpc) is 2.92. The Balaban J connectivity index is 1.54. The summed E-state index contributed by atoms with van der Waals surface area (Å²) in [6.45, 7) is 10.1. The van der Waals surface area contributed by atoms with Crippen molar-refractivity contribution in [1.29, 1.82) is 0 Å². The average molecular weight is 357 g/mol. The Kier molecular flexibility index (Phi) is 4.70. The topological polar surface area (TPSA) is 26.3 Å². The van der Waals surface area contributed by atoms with Gasteiger partial charge in [0.05, 0.1) is 12.7 Å². The molecule has 3 fully saturated rings. The van der Waals surface area contributed by atoms with Gasteiger partial charge >= 0.3 is 0 Å². The lowest BCUT2D eigenvalue weighted by molar-refractivity contribution is -0.118. The first kappa shape index (κ1) is 18.5. The molecule has 0 aromatic heterocycles. The molecule has 4 aliphatic rings. The van der Waals surface area contributed by atoms with Crippen molar-refractivity contribution in [1.82, 2.24) is 0 Å². The summed E-state index contributed by atoms with van der Waals surface area (Å²) in [6, 6.07) is 0. The van der Waals surface area contributed by atoms with Crippen LogP contribution in [-0.2, 0) is 9.53 Å². The third-order valence-corrected chi connectivity index (χ3v) is 8.66. The van der Waals surface area contributed by atoms with Gasteiger partial charge in [-0.1, -0.05) is 31.1 Å². The molecule has 0 heterocycles.